The Labute approximate surface area is 133 Å². The van der Waals surface area contributed by atoms with Gasteiger partial charge in [0.1, 0.15) is 11.3 Å². The largest absolute Gasteiger partial charge is 0.507 e. The lowest BCUT2D eigenvalue weighted by Crippen LogP contribution is -2.20. The second-order valence-corrected chi connectivity index (χ2v) is 5.01. The van der Waals surface area contributed by atoms with E-state index in [1.807, 2.05) is 0 Å². The molecule has 1 saturated carbocycles. The smallest absolute Gasteiger partial charge is 0.337 e. The van der Waals surface area contributed by atoms with E-state index in [-0.39, 0.29) is 35.7 Å². The summed E-state index contributed by atoms with van der Waals surface area (Å²) in [4.78, 5) is 34.6. The lowest BCUT2D eigenvalue weighted by molar-refractivity contribution is -0.124. The quantitative estimate of drug-likeness (QED) is 0.384. The zero-order valence-corrected chi connectivity index (χ0v) is 12.7. The van der Waals surface area contributed by atoms with Gasteiger partial charge in [-0.1, -0.05) is 0 Å². The third-order valence-electron chi connectivity index (χ3n) is 3.42. The highest BCUT2D eigenvalue weighted by atomic mass is 16.5. The van der Waals surface area contributed by atoms with Gasteiger partial charge in [-0.3, -0.25) is 9.59 Å². The van der Waals surface area contributed by atoms with Gasteiger partial charge in [0.25, 0.3) is 0 Å². The average Bonchev–Trinajstić information content (AvgIpc) is 2.54. The molecule has 0 aliphatic heterocycles. The van der Waals surface area contributed by atoms with E-state index in [0.29, 0.717) is 17.7 Å². The summed E-state index contributed by atoms with van der Waals surface area (Å²) in [6.07, 6.45) is 3.78. The molecule has 23 heavy (non-hydrogen) atoms. The number of rotatable bonds is 4. The second-order valence-electron chi connectivity index (χ2n) is 5.01. The Morgan fingerprint density at radius 3 is 2.35 bits per heavy atom. The molecule has 0 atom stereocenters. The van der Waals surface area contributed by atoms with Crippen LogP contribution >= 0.6 is 0 Å². The molecule has 0 heterocycles. The Balaban J connectivity index is 2.05. The zero-order chi connectivity index (χ0) is 16.8. The van der Waals surface area contributed by atoms with Crippen molar-refractivity contribution in [3.05, 3.63) is 53.4 Å². The van der Waals surface area contributed by atoms with Crippen molar-refractivity contribution < 1.29 is 24.2 Å². The predicted octanol–water partition coefficient (Wildman–Crippen LogP) is 2.53. The summed E-state index contributed by atoms with van der Waals surface area (Å²) < 4.78 is 4.60. The van der Waals surface area contributed by atoms with Gasteiger partial charge >= 0.3 is 5.97 Å². The van der Waals surface area contributed by atoms with Gasteiger partial charge in [0, 0.05) is 24.7 Å². The van der Waals surface area contributed by atoms with Crippen LogP contribution in [0.25, 0.3) is 0 Å². The number of anilines is 1. The summed E-state index contributed by atoms with van der Waals surface area (Å²) in [6.45, 7) is 0. The summed E-state index contributed by atoms with van der Waals surface area (Å²) in [5.74, 6) is -1.42. The first-order chi connectivity index (χ1) is 11.0. The summed E-state index contributed by atoms with van der Waals surface area (Å²) >= 11 is 0. The number of ketones is 2. The number of hydrogen-bond acceptors (Lipinski definition) is 6. The summed E-state index contributed by atoms with van der Waals surface area (Å²) in [5, 5.41) is 12.8. The number of benzene rings is 1. The normalized spacial score (nSPS) is 14.9. The van der Waals surface area contributed by atoms with Crippen LogP contribution in [0.4, 0.5) is 5.69 Å². The summed E-state index contributed by atoms with van der Waals surface area (Å²) in [7, 11) is 1.31. The maximum absolute atomic E-state index is 11.7. The van der Waals surface area contributed by atoms with Gasteiger partial charge in [0.05, 0.1) is 12.7 Å². The van der Waals surface area contributed by atoms with Crippen LogP contribution in [0.3, 0.4) is 0 Å². The highest BCUT2D eigenvalue weighted by Gasteiger charge is 2.25. The van der Waals surface area contributed by atoms with E-state index >= 15 is 0 Å². The van der Waals surface area contributed by atoms with E-state index < -0.39 is 5.97 Å². The molecule has 1 aliphatic carbocycles. The minimum absolute atomic E-state index is 0.129. The van der Waals surface area contributed by atoms with Gasteiger partial charge in [-0.25, -0.2) is 4.79 Å². The van der Waals surface area contributed by atoms with Crippen LogP contribution in [0.5, 0.6) is 0 Å². The van der Waals surface area contributed by atoms with Crippen molar-refractivity contribution in [2.45, 2.75) is 19.3 Å². The van der Waals surface area contributed by atoms with Crippen LogP contribution in [0.15, 0.2) is 47.9 Å². The standard InChI is InChI=1S/C17H17NO5/c1-23-17(22)11-5-7-12(8-6-11)18-10-9-15(21)16-13(19)3-2-4-14(16)20/h5-10,18,21H,2-4H2,1H3/b10-9-. The van der Waals surface area contributed by atoms with Crippen LogP contribution in [-0.2, 0) is 14.3 Å². The number of ether oxygens (including phenoxy) is 1. The van der Waals surface area contributed by atoms with Crippen LogP contribution < -0.4 is 5.32 Å². The molecular weight excluding hydrogens is 298 g/mol. The lowest BCUT2D eigenvalue weighted by atomic mass is 9.91. The first-order valence-electron chi connectivity index (χ1n) is 7.14. The Bertz CT molecular complexity index is 667. The van der Waals surface area contributed by atoms with Gasteiger partial charge in [0.15, 0.2) is 11.6 Å². The molecule has 6 heteroatoms. The third kappa shape index (κ3) is 4.06. The molecule has 0 saturated heterocycles. The Kier molecular flexibility index (Phi) is 5.30. The van der Waals surface area contributed by atoms with E-state index in [1.165, 1.54) is 19.4 Å². The van der Waals surface area contributed by atoms with Gasteiger partial charge < -0.3 is 15.2 Å². The number of nitrogens with one attached hydrogen (secondary N) is 1. The van der Waals surface area contributed by atoms with Crippen LogP contribution in [-0.4, -0.2) is 29.8 Å². The fraction of sp³-hybridized carbons (Fsp3) is 0.235. The SMILES string of the molecule is COC(=O)c1ccc(N/C=C\C(O)=C2C(=O)CCCC2=O)cc1. The van der Waals surface area contributed by atoms with E-state index in [4.69, 9.17) is 0 Å². The molecule has 6 nitrogen and oxygen atoms in total. The number of carbonyl (C=O) groups excluding carboxylic acids is 3. The molecule has 2 rings (SSSR count). The molecule has 1 aromatic rings. The molecule has 0 radical (unpaired) electrons. The van der Waals surface area contributed by atoms with Crippen molar-refractivity contribution in [1.82, 2.24) is 0 Å². The molecule has 1 aliphatic rings. The number of methoxy groups -OCH3 is 1. The third-order valence-corrected chi connectivity index (χ3v) is 3.42. The van der Waals surface area contributed by atoms with E-state index in [0.717, 1.165) is 0 Å². The topological polar surface area (TPSA) is 92.7 Å². The number of carbonyl (C=O) groups is 3. The van der Waals surface area contributed by atoms with Crippen LogP contribution in [0.2, 0.25) is 0 Å². The van der Waals surface area contributed by atoms with E-state index in [9.17, 15) is 19.5 Å². The zero-order valence-electron chi connectivity index (χ0n) is 12.7. The number of aliphatic hydroxyl groups excluding tert-OH is 1. The van der Waals surface area contributed by atoms with Gasteiger partial charge in [0.2, 0.25) is 0 Å². The van der Waals surface area contributed by atoms with E-state index in [1.54, 1.807) is 24.3 Å². The van der Waals surface area contributed by atoms with Gasteiger partial charge in [-0.2, -0.15) is 0 Å². The maximum atomic E-state index is 11.7. The first-order valence-corrected chi connectivity index (χ1v) is 7.14. The molecule has 0 aromatic heterocycles. The lowest BCUT2D eigenvalue weighted by Gasteiger charge is -2.12. The molecule has 0 amide bonds. The van der Waals surface area contributed by atoms with Crippen molar-refractivity contribution in [1.29, 1.82) is 0 Å². The number of aliphatic hydroxyl groups is 1. The monoisotopic (exact) mass is 315 g/mol. The van der Waals surface area contributed by atoms with Gasteiger partial charge in [-0.15, -0.1) is 0 Å². The molecule has 120 valence electrons. The summed E-state index contributed by atoms with van der Waals surface area (Å²) in [6, 6.07) is 6.51. The number of hydrogen-bond donors (Lipinski definition) is 2. The highest BCUT2D eigenvalue weighted by Crippen LogP contribution is 2.19. The van der Waals surface area contributed by atoms with Crippen molar-refractivity contribution in [2.24, 2.45) is 0 Å². The Morgan fingerprint density at radius 2 is 1.78 bits per heavy atom. The molecule has 0 spiro atoms. The molecule has 2 N–H and O–H groups in total. The summed E-state index contributed by atoms with van der Waals surface area (Å²) in [5.41, 5.74) is 0.966. The Hall–Kier alpha value is -2.89. The first kappa shape index (κ1) is 16.5. The number of allylic oxidation sites excluding steroid dienone is 2. The highest BCUT2D eigenvalue weighted by molar-refractivity contribution is 6.22. The maximum Gasteiger partial charge on any atom is 0.337 e. The van der Waals surface area contributed by atoms with E-state index in [2.05, 4.69) is 10.1 Å². The van der Waals surface area contributed by atoms with Crippen LogP contribution in [0, 0.1) is 0 Å². The molecular formula is C17H17NO5. The van der Waals surface area contributed by atoms with Gasteiger partial charge in [-0.05, 0) is 36.8 Å². The molecule has 0 bridgehead atoms. The molecule has 1 aromatic carbocycles. The molecule has 0 unspecified atom stereocenters. The fourth-order valence-corrected chi connectivity index (χ4v) is 2.22. The average molecular weight is 315 g/mol. The minimum atomic E-state index is -0.427. The second kappa shape index (κ2) is 7.40. The predicted molar refractivity (Wildman–Crippen MR) is 84.1 cm³/mol. The number of Topliss-reactive ketones (excluding diaryl/α,β-unsaturated/α-hetero) is 2. The minimum Gasteiger partial charge on any atom is -0.507 e. The molecule has 1 fully saturated rings. The van der Waals surface area contributed by atoms with Crippen molar-refractivity contribution in [2.75, 3.05) is 12.4 Å². The Morgan fingerprint density at radius 1 is 1.17 bits per heavy atom. The van der Waals surface area contributed by atoms with Crippen molar-refractivity contribution in [3.8, 4) is 0 Å². The van der Waals surface area contributed by atoms with Crippen LogP contribution in [0.1, 0.15) is 29.6 Å². The van der Waals surface area contributed by atoms with Crippen molar-refractivity contribution in [3.63, 3.8) is 0 Å². The fourth-order valence-electron chi connectivity index (χ4n) is 2.22. The number of esters is 1. The van der Waals surface area contributed by atoms with Crippen molar-refractivity contribution >= 4 is 23.2 Å².